The van der Waals surface area contributed by atoms with Crippen molar-refractivity contribution >= 4 is 11.4 Å². The Morgan fingerprint density at radius 2 is 2.00 bits per heavy atom. The molecule has 0 radical (unpaired) electrons. The summed E-state index contributed by atoms with van der Waals surface area (Å²) in [5, 5.41) is 0. The number of nitrogens with two attached hydrogens (primary N) is 1. The van der Waals surface area contributed by atoms with Crippen molar-refractivity contribution in [2.45, 2.75) is 38.8 Å². The van der Waals surface area contributed by atoms with Crippen LogP contribution in [0.5, 0.6) is 5.75 Å². The monoisotopic (exact) mass is 282 g/mol. The molecule has 0 bridgehead atoms. The van der Waals surface area contributed by atoms with Gasteiger partial charge in [-0.2, -0.15) is 0 Å². The van der Waals surface area contributed by atoms with Crippen molar-refractivity contribution in [1.82, 2.24) is 0 Å². The van der Waals surface area contributed by atoms with Gasteiger partial charge in [0.1, 0.15) is 0 Å². The smallest absolute Gasteiger partial charge is 0.167 e. The van der Waals surface area contributed by atoms with Crippen LogP contribution in [0.2, 0.25) is 0 Å². The van der Waals surface area contributed by atoms with E-state index in [1.807, 2.05) is 20.9 Å². The predicted molar refractivity (Wildman–Crippen MR) is 78.8 cm³/mol. The summed E-state index contributed by atoms with van der Waals surface area (Å²) in [6, 6.07) is 3.40. The molecule has 1 aliphatic heterocycles. The molecule has 0 spiro atoms. The molecule has 4 nitrogen and oxygen atoms in total. The van der Waals surface area contributed by atoms with Crippen LogP contribution in [0.1, 0.15) is 26.7 Å². The summed E-state index contributed by atoms with van der Waals surface area (Å²) in [5.74, 6) is -0.163. The third kappa shape index (κ3) is 3.33. The molecule has 1 saturated heterocycles. The van der Waals surface area contributed by atoms with Gasteiger partial charge in [-0.1, -0.05) is 0 Å². The number of benzene rings is 1. The molecule has 2 N–H and O–H groups in total. The van der Waals surface area contributed by atoms with Crippen LogP contribution in [0.3, 0.4) is 0 Å². The van der Waals surface area contributed by atoms with E-state index in [1.54, 1.807) is 6.07 Å². The second-order valence-electron chi connectivity index (χ2n) is 5.46. The van der Waals surface area contributed by atoms with Crippen molar-refractivity contribution in [2.24, 2.45) is 0 Å². The molecule has 112 valence electrons. The second-order valence-corrected chi connectivity index (χ2v) is 5.46. The molecule has 20 heavy (non-hydrogen) atoms. The lowest BCUT2D eigenvalue weighted by Gasteiger charge is -2.33. The molecule has 1 heterocycles. The van der Waals surface area contributed by atoms with E-state index in [0.717, 1.165) is 31.7 Å². The summed E-state index contributed by atoms with van der Waals surface area (Å²) < 4.78 is 24.7. The van der Waals surface area contributed by atoms with Crippen molar-refractivity contribution < 1.29 is 13.9 Å². The Hall–Kier alpha value is -1.49. The second kappa shape index (κ2) is 6.31. The van der Waals surface area contributed by atoms with E-state index in [4.69, 9.17) is 15.2 Å². The summed E-state index contributed by atoms with van der Waals surface area (Å²) in [6.07, 6.45) is 1.83. The number of anilines is 2. The minimum absolute atomic E-state index is 0.0747. The van der Waals surface area contributed by atoms with Crippen molar-refractivity contribution in [3.63, 3.8) is 0 Å². The average molecular weight is 282 g/mol. The Labute approximate surface area is 119 Å². The minimum atomic E-state index is -0.416. The first-order valence-corrected chi connectivity index (χ1v) is 7.05. The average Bonchev–Trinajstić information content (AvgIpc) is 2.41. The normalized spacial score (nSPS) is 16.4. The van der Waals surface area contributed by atoms with Crippen LogP contribution in [-0.4, -0.2) is 32.4 Å². The first kappa shape index (κ1) is 14.9. The van der Waals surface area contributed by atoms with E-state index in [9.17, 15) is 4.39 Å². The fourth-order valence-corrected chi connectivity index (χ4v) is 2.48. The molecule has 0 amide bonds. The summed E-state index contributed by atoms with van der Waals surface area (Å²) in [7, 11) is 1.98. The van der Waals surface area contributed by atoms with Crippen molar-refractivity contribution in [3.05, 3.63) is 17.9 Å². The van der Waals surface area contributed by atoms with Gasteiger partial charge in [-0.3, -0.25) is 0 Å². The van der Waals surface area contributed by atoms with Crippen LogP contribution < -0.4 is 15.4 Å². The van der Waals surface area contributed by atoms with Gasteiger partial charge in [-0.05, 0) is 26.7 Å². The van der Waals surface area contributed by atoms with Crippen LogP contribution in [0, 0.1) is 5.82 Å². The number of halogens is 1. The molecule has 1 fully saturated rings. The van der Waals surface area contributed by atoms with Crippen LogP contribution in [0.4, 0.5) is 15.8 Å². The number of ether oxygens (including phenoxy) is 2. The van der Waals surface area contributed by atoms with E-state index in [0.29, 0.717) is 11.7 Å². The molecule has 1 aromatic rings. The van der Waals surface area contributed by atoms with Gasteiger partial charge in [0.2, 0.25) is 0 Å². The van der Waals surface area contributed by atoms with E-state index < -0.39 is 5.82 Å². The Morgan fingerprint density at radius 1 is 1.35 bits per heavy atom. The Bertz CT molecular complexity index is 459. The number of rotatable bonds is 4. The molecule has 0 aromatic heterocycles. The van der Waals surface area contributed by atoms with Crippen molar-refractivity contribution in [2.75, 3.05) is 30.9 Å². The highest BCUT2D eigenvalue weighted by molar-refractivity contribution is 5.70. The molecular weight excluding hydrogens is 259 g/mol. The molecular formula is C15H23FN2O2. The van der Waals surface area contributed by atoms with Crippen LogP contribution in [0.25, 0.3) is 0 Å². The SMILES string of the molecule is CC(C)Oc1cc(N(C)C2CCOCC2)c(N)cc1F. The summed E-state index contributed by atoms with van der Waals surface area (Å²) in [4.78, 5) is 2.10. The molecule has 0 saturated carbocycles. The first-order chi connectivity index (χ1) is 9.49. The summed E-state index contributed by atoms with van der Waals surface area (Å²) >= 11 is 0. The molecule has 5 heteroatoms. The predicted octanol–water partition coefficient (Wildman–Crippen LogP) is 2.81. The fraction of sp³-hybridized carbons (Fsp3) is 0.600. The molecule has 2 rings (SSSR count). The van der Waals surface area contributed by atoms with Gasteiger partial charge >= 0.3 is 0 Å². The maximum atomic E-state index is 13.9. The summed E-state index contributed by atoms with van der Waals surface area (Å²) in [6.45, 7) is 5.26. The standard InChI is InChI=1S/C15H23FN2O2/c1-10(2)20-15-9-14(13(17)8-12(15)16)18(3)11-4-6-19-7-5-11/h8-11H,4-7,17H2,1-3H3. The van der Waals surface area contributed by atoms with E-state index in [2.05, 4.69) is 4.90 Å². The van der Waals surface area contributed by atoms with Gasteiger partial charge < -0.3 is 20.1 Å². The third-order valence-corrected chi connectivity index (χ3v) is 3.56. The minimum Gasteiger partial charge on any atom is -0.488 e. The van der Waals surface area contributed by atoms with E-state index in [-0.39, 0.29) is 11.9 Å². The lowest BCUT2D eigenvalue weighted by Crippen LogP contribution is -2.37. The molecule has 0 atom stereocenters. The van der Waals surface area contributed by atoms with E-state index in [1.165, 1.54) is 6.07 Å². The van der Waals surface area contributed by atoms with Gasteiger partial charge in [0, 0.05) is 38.4 Å². The lowest BCUT2D eigenvalue weighted by atomic mass is 10.1. The Balaban J connectivity index is 2.25. The quantitative estimate of drug-likeness (QED) is 0.863. The highest BCUT2D eigenvalue weighted by Gasteiger charge is 2.22. The van der Waals surface area contributed by atoms with Gasteiger partial charge in [-0.15, -0.1) is 0 Å². The molecule has 1 aromatic carbocycles. The fourth-order valence-electron chi connectivity index (χ4n) is 2.48. The van der Waals surface area contributed by atoms with Crippen LogP contribution in [-0.2, 0) is 4.74 Å². The Kier molecular flexibility index (Phi) is 4.70. The van der Waals surface area contributed by atoms with Gasteiger partial charge in [-0.25, -0.2) is 4.39 Å². The number of hydrogen-bond acceptors (Lipinski definition) is 4. The largest absolute Gasteiger partial charge is 0.488 e. The maximum absolute atomic E-state index is 13.9. The first-order valence-electron chi connectivity index (χ1n) is 7.05. The zero-order valence-electron chi connectivity index (χ0n) is 12.4. The zero-order valence-corrected chi connectivity index (χ0v) is 12.4. The number of hydrogen-bond donors (Lipinski definition) is 1. The highest BCUT2D eigenvalue weighted by atomic mass is 19.1. The van der Waals surface area contributed by atoms with Gasteiger partial charge in [0.05, 0.1) is 17.5 Å². The summed E-state index contributed by atoms with van der Waals surface area (Å²) in [5.41, 5.74) is 7.21. The lowest BCUT2D eigenvalue weighted by molar-refractivity contribution is 0.0855. The number of nitrogens with zero attached hydrogens (tertiary/aromatic N) is 1. The van der Waals surface area contributed by atoms with Gasteiger partial charge in [0.25, 0.3) is 0 Å². The van der Waals surface area contributed by atoms with Crippen molar-refractivity contribution in [3.8, 4) is 5.75 Å². The maximum Gasteiger partial charge on any atom is 0.167 e. The third-order valence-electron chi connectivity index (χ3n) is 3.56. The Morgan fingerprint density at radius 3 is 2.60 bits per heavy atom. The van der Waals surface area contributed by atoms with Crippen molar-refractivity contribution in [1.29, 1.82) is 0 Å². The number of nitrogen functional groups attached to an aromatic ring is 1. The molecule has 1 aliphatic rings. The topological polar surface area (TPSA) is 47.7 Å². The van der Waals surface area contributed by atoms with Crippen LogP contribution >= 0.6 is 0 Å². The van der Waals surface area contributed by atoms with E-state index >= 15 is 0 Å². The molecule has 0 aliphatic carbocycles. The molecule has 0 unspecified atom stereocenters. The highest BCUT2D eigenvalue weighted by Crippen LogP contribution is 2.33. The van der Waals surface area contributed by atoms with Crippen LogP contribution in [0.15, 0.2) is 12.1 Å². The van der Waals surface area contributed by atoms with Gasteiger partial charge in [0.15, 0.2) is 11.6 Å². The zero-order chi connectivity index (χ0) is 14.7.